The van der Waals surface area contributed by atoms with Crippen LogP contribution in [0.1, 0.15) is 48.4 Å². The Labute approximate surface area is 458 Å². The molecule has 4 fully saturated rings. The van der Waals surface area contributed by atoms with Crippen LogP contribution >= 0.6 is 28.1 Å². The number of hydrogen-bond donors (Lipinski definition) is 2. The summed E-state index contributed by atoms with van der Waals surface area (Å²) in [6, 6.07) is 70.7. The lowest BCUT2D eigenvalue weighted by Crippen LogP contribution is -2.42. The van der Waals surface area contributed by atoms with E-state index in [9.17, 15) is 4.79 Å². The molecule has 7 aromatic rings. The molecule has 4 aliphatic heterocycles. The normalized spacial score (nSPS) is 16.5. The van der Waals surface area contributed by atoms with E-state index in [0.717, 1.165) is 87.0 Å². The second-order valence-corrected chi connectivity index (χ2v) is 22.7. The van der Waals surface area contributed by atoms with Gasteiger partial charge in [-0.2, -0.15) is 0 Å². The number of nitrogens with zero attached hydrogens (tertiary/aromatic N) is 5. The first-order valence-corrected chi connectivity index (χ1v) is 29.2. The van der Waals surface area contributed by atoms with Crippen LogP contribution in [-0.4, -0.2) is 95.1 Å². The van der Waals surface area contributed by atoms with Crippen LogP contribution in [-0.2, 0) is 18.6 Å². The van der Waals surface area contributed by atoms with Crippen LogP contribution in [0.3, 0.4) is 0 Å². The van der Waals surface area contributed by atoms with Crippen LogP contribution in [0.15, 0.2) is 212 Å². The Morgan fingerprint density at radius 1 is 0.553 bits per heavy atom. The molecular formula is C61H73N7O5P2S. The largest absolute Gasteiger partial charge is 0.381 e. The number of rotatable bonds is 13. The second kappa shape index (κ2) is 31.0. The van der Waals surface area contributed by atoms with Gasteiger partial charge in [0.15, 0.2) is 5.11 Å². The number of ether oxygens (including phenoxy) is 2. The summed E-state index contributed by atoms with van der Waals surface area (Å²) in [5.74, 6) is -0.236. The van der Waals surface area contributed by atoms with Crippen molar-refractivity contribution in [3.05, 3.63) is 223 Å². The highest BCUT2D eigenvalue weighted by Crippen LogP contribution is 2.69. The van der Waals surface area contributed by atoms with Crippen molar-refractivity contribution < 1.29 is 23.4 Å². The molecule has 7 aromatic carbocycles. The third-order valence-electron chi connectivity index (χ3n) is 12.8. The molecule has 11 rings (SSSR count). The van der Waals surface area contributed by atoms with Gasteiger partial charge in [0, 0.05) is 93.0 Å². The van der Waals surface area contributed by atoms with E-state index in [-0.39, 0.29) is 13.2 Å². The molecule has 0 saturated carbocycles. The lowest BCUT2D eigenvalue weighted by molar-refractivity contribution is 0.0303. The van der Waals surface area contributed by atoms with E-state index in [1.807, 2.05) is 115 Å². The van der Waals surface area contributed by atoms with Gasteiger partial charge in [0.2, 0.25) is 8.45 Å². The van der Waals surface area contributed by atoms with Gasteiger partial charge in [-0.1, -0.05) is 159 Å². The third-order valence-corrected chi connectivity index (χ3v) is 18.7. The lowest BCUT2D eigenvalue weighted by atomic mass is 10.2. The smallest absolute Gasteiger partial charge is 0.284 e. The minimum Gasteiger partial charge on any atom is -0.381 e. The van der Waals surface area contributed by atoms with Crippen LogP contribution in [0.2, 0.25) is 0 Å². The average Bonchev–Trinajstić information content (AvgIpc) is 4.11. The Hall–Kier alpha value is -6.40. The fraction of sp³-hybridized carbons (Fsp3) is 0.279. The zero-order chi connectivity index (χ0) is 51.8. The van der Waals surface area contributed by atoms with Gasteiger partial charge < -0.3 is 43.3 Å². The summed E-state index contributed by atoms with van der Waals surface area (Å²) >= 11 is 5.39. The van der Waals surface area contributed by atoms with Crippen molar-refractivity contribution in [1.29, 1.82) is 0 Å². The van der Waals surface area contributed by atoms with Gasteiger partial charge in [-0.05, 0) is 97.7 Å². The highest BCUT2D eigenvalue weighted by atomic mass is 32.1. The van der Waals surface area contributed by atoms with E-state index in [2.05, 4.69) is 119 Å². The minimum absolute atomic E-state index is 0. The number of thiocarbonyl (C=S) groups is 1. The van der Waals surface area contributed by atoms with Gasteiger partial charge in [-0.3, -0.25) is 14.3 Å². The molecule has 1 atom stereocenters. The van der Waals surface area contributed by atoms with Gasteiger partial charge in [0.25, 0.3) is 7.44 Å². The fourth-order valence-corrected chi connectivity index (χ4v) is 15.1. The van der Waals surface area contributed by atoms with Crippen LogP contribution in [0.25, 0.3) is 0 Å². The van der Waals surface area contributed by atoms with Crippen molar-refractivity contribution in [3.8, 4) is 0 Å². The van der Waals surface area contributed by atoms with Crippen molar-refractivity contribution in [2.45, 2.75) is 32.5 Å². The summed E-state index contributed by atoms with van der Waals surface area (Å²) in [7, 11) is -4.04. The minimum atomic E-state index is -3.10. The van der Waals surface area contributed by atoms with Crippen LogP contribution in [0.4, 0.5) is 28.4 Å². The Morgan fingerprint density at radius 3 is 1.39 bits per heavy atom. The third kappa shape index (κ3) is 16.1. The van der Waals surface area contributed by atoms with Gasteiger partial charge >= 0.3 is 0 Å². The molecule has 4 aliphatic rings. The number of nitrogens with one attached hydrogen (secondary N) is 2. The molecule has 398 valence electrons. The molecular weight excluding hydrogens is 1000 g/mol. The molecule has 1 unspecified atom stereocenters. The summed E-state index contributed by atoms with van der Waals surface area (Å²) in [6.45, 7) is 9.41. The molecule has 15 heteroatoms. The Balaban J connectivity index is 0.000000174. The summed E-state index contributed by atoms with van der Waals surface area (Å²) in [6.07, 6.45) is 4.76. The molecule has 0 spiro atoms. The first-order chi connectivity index (χ1) is 37.0. The van der Waals surface area contributed by atoms with Crippen LogP contribution < -0.4 is 29.3 Å². The average molecular weight is 1080 g/mol. The highest BCUT2D eigenvalue weighted by molar-refractivity contribution is 7.80. The molecule has 0 aliphatic carbocycles. The van der Waals surface area contributed by atoms with E-state index >= 15 is 4.57 Å². The molecule has 2 N–H and O–H groups in total. The predicted octanol–water partition coefficient (Wildman–Crippen LogP) is 13.8. The van der Waals surface area contributed by atoms with Crippen molar-refractivity contribution in [3.63, 3.8) is 0 Å². The SMILES string of the molecule is C.C1CCOCC1.O=Cc1ccccc1.O=P1(C(c2ccccc2)N2CCOCC2)N(c2ccccc2)CCN1c1ccccc1.S=C(NCCOP1N(c2ccccc2)CCN1c1ccccc1)Nc1ccccc1. The number of anilines is 5. The molecule has 76 heavy (non-hydrogen) atoms. The topological polar surface area (TPSA) is 102 Å². The molecule has 0 amide bonds. The first kappa shape index (κ1) is 57.3. The van der Waals surface area contributed by atoms with E-state index in [4.69, 9.17) is 26.2 Å². The lowest BCUT2D eigenvalue weighted by Gasteiger charge is -2.44. The van der Waals surface area contributed by atoms with E-state index in [1.165, 1.54) is 30.6 Å². The van der Waals surface area contributed by atoms with Gasteiger partial charge in [0.1, 0.15) is 12.1 Å². The number of para-hydroxylation sites is 5. The van der Waals surface area contributed by atoms with Gasteiger partial charge in [-0.15, -0.1) is 0 Å². The molecule has 4 saturated heterocycles. The van der Waals surface area contributed by atoms with Crippen molar-refractivity contribution >= 4 is 67.9 Å². The zero-order valence-electron chi connectivity index (χ0n) is 42.5. The van der Waals surface area contributed by atoms with Crippen molar-refractivity contribution in [2.75, 3.05) is 103 Å². The number of morpholine rings is 1. The van der Waals surface area contributed by atoms with Crippen LogP contribution in [0.5, 0.6) is 0 Å². The number of hydrogen-bond acceptors (Lipinski definition) is 9. The Bertz CT molecular complexity index is 2650. The highest BCUT2D eigenvalue weighted by Gasteiger charge is 2.52. The Morgan fingerprint density at radius 2 is 0.974 bits per heavy atom. The maximum Gasteiger partial charge on any atom is 0.284 e. The quantitative estimate of drug-likeness (QED) is 0.0496. The number of aldehydes is 1. The summed E-state index contributed by atoms with van der Waals surface area (Å²) in [4.78, 5) is 12.4. The summed E-state index contributed by atoms with van der Waals surface area (Å²) in [5.41, 5.74) is 7.20. The van der Waals surface area contributed by atoms with E-state index < -0.39 is 15.9 Å². The number of carbonyl (C=O) groups excluding carboxylic acids is 1. The summed E-state index contributed by atoms with van der Waals surface area (Å²) in [5, 5.41) is 7.02. The second-order valence-electron chi connectivity index (χ2n) is 17.9. The zero-order valence-corrected chi connectivity index (χ0v) is 45.2. The summed E-state index contributed by atoms with van der Waals surface area (Å²) < 4.78 is 41.6. The maximum atomic E-state index is 15.4. The molecule has 12 nitrogen and oxygen atoms in total. The standard InChI is InChI=1S/C25H28N3O2P.C23H25N4OPS.C7H6O.C5H10O.CH4/c29-31(25(22-10-4-1-5-11-22)26-18-20-30-21-19-26)27(23-12-6-2-7-13-23)16-17-28(31)24-14-8-3-9-15-24;30-23(25-20-10-4-1-5-11-20)24-16-19-28-29-26(21-12-6-2-7-13-21)17-18-27(29)22-14-8-3-9-15-22;8-6-7-4-2-1-3-5-7;1-2-4-6-5-3-1;/h1-15,25H,16-21H2;1-15H,16-19H2,(H2,24,25,30);1-6H;1-5H2;1H4. The van der Waals surface area contributed by atoms with E-state index in [0.29, 0.717) is 31.5 Å². The van der Waals surface area contributed by atoms with Crippen LogP contribution in [0, 0.1) is 0 Å². The Kier molecular flexibility index (Phi) is 23.4. The molecule has 0 radical (unpaired) electrons. The maximum absolute atomic E-state index is 15.4. The van der Waals surface area contributed by atoms with Gasteiger partial charge in [0.05, 0.1) is 19.8 Å². The monoisotopic (exact) mass is 1080 g/mol. The van der Waals surface area contributed by atoms with Crippen molar-refractivity contribution in [1.82, 2.24) is 10.2 Å². The van der Waals surface area contributed by atoms with Gasteiger partial charge in [-0.25, -0.2) is 0 Å². The molecule has 4 heterocycles. The number of carbonyl (C=O) groups is 1. The predicted molar refractivity (Wildman–Crippen MR) is 321 cm³/mol. The molecule has 0 aromatic heterocycles. The molecule has 0 bridgehead atoms. The number of benzene rings is 7. The first-order valence-electron chi connectivity index (χ1n) is 25.9. The van der Waals surface area contributed by atoms with Crippen molar-refractivity contribution in [2.24, 2.45) is 0 Å². The fourth-order valence-electron chi connectivity index (χ4n) is 9.22. The van der Waals surface area contributed by atoms with E-state index in [1.54, 1.807) is 12.1 Å².